The average molecular weight is 306 g/mol. The summed E-state index contributed by atoms with van der Waals surface area (Å²) in [6.07, 6.45) is -7.01. The molecule has 0 bridgehead atoms. The molecule has 2 rings (SSSR count). The molecule has 7 heteroatoms. The minimum Gasteiger partial charge on any atom is -0.384 e. The first-order chi connectivity index (χ1) is 9.70. The van der Waals surface area contributed by atoms with Crippen molar-refractivity contribution in [2.45, 2.75) is 12.3 Å². The Morgan fingerprint density at radius 1 is 0.810 bits per heavy atom. The van der Waals surface area contributed by atoms with Crippen LogP contribution in [0.2, 0.25) is 0 Å². The Balaban J connectivity index is 2.60. The van der Waals surface area contributed by atoms with Crippen molar-refractivity contribution >= 4 is 0 Å². The molecule has 2 aromatic carbocycles. The predicted octanol–water partition coefficient (Wildman–Crippen LogP) is 4.20. The molecule has 0 aromatic heterocycles. The van der Waals surface area contributed by atoms with Gasteiger partial charge in [0.25, 0.3) is 0 Å². The normalized spacial score (nSPS) is 13.3. The lowest BCUT2D eigenvalue weighted by Gasteiger charge is -2.18. The number of halogens is 6. The Labute approximate surface area is 115 Å². The van der Waals surface area contributed by atoms with E-state index in [9.17, 15) is 31.4 Å². The summed E-state index contributed by atoms with van der Waals surface area (Å²) in [5, 5.41) is 9.89. The van der Waals surface area contributed by atoms with Gasteiger partial charge in [0.2, 0.25) is 0 Å². The molecule has 21 heavy (non-hydrogen) atoms. The van der Waals surface area contributed by atoms with Crippen molar-refractivity contribution in [3.63, 3.8) is 0 Å². The summed E-state index contributed by atoms with van der Waals surface area (Å²) >= 11 is 0. The van der Waals surface area contributed by atoms with Crippen LogP contribution < -0.4 is 0 Å². The van der Waals surface area contributed by atoms with Crippen LogP contribution in [0.3, 0.4) is 0 Å². The van der Waals surface area contributed by atoms with Crippen LogP contribution in [0.25, 0.3) is 0 Å². The molecule has 0 radical (unpaired) electrons. The number of benzene rings is 2. The second-order valence-corrected chi connectivity index (χ2v) is 4.30. The lowest BCUT2D eigenvalue weighted by atomic mass is 9.96. The maximum atomic E-state index is 13.5. The van der Waals surface area contributed by atoms with Gasteiger partial charge in [-0.05, 0) is 36.4 Å². The highest BCUT2D eigenvalue weighted by atomic mass is 19.4. The maximum absolute atomic E-state index is 13.5. The topological polar surface area (TPSA) is 20.2 Å². The third-order valence-electron chi connectivity index (χ3n) is 2.87. The van der Waals surface area contributed by atoms with E-state index in [1.807, 2.05) is 0 Å². The van der Waals surface area contributed by atoms with Gasteiger partial charge in [0.1, 0.15) is 23.6 Å². The molecule has 1 nitrogen and oxygen atoms in total. The molecule has 2 aromatic rings. The zero-order valence-electron chi connectivity index (χ0n) is 10.3. The Bertz CT molecular complexity index is 665. The van der Waals surface area contributed by atoms with Gasteiger partial charge >= 0.3 is 6.18 Å². The largest absolute Gasteiger partial charge is 0.416 e. The second kappa shape index (κ2) is 5.40. The molecular formula is C14H8F6O. The van der Waals surface area contributed by atoms with Gasteiger partial charge in [-0.25, -0.2) is 13.2 Å². The Hall–Kier alpha value is -2.02. The monoisotopic (exact) mass is 306 g/mol. The van der Waals surface area contributed by atoms with E-state index in [1.165, 1.54) is 0 Å². The van der Waals surface area contributed by atoms with E-state index in [2.05, 4.69) is 0 Å². The second-order valence-electron chi connectivity index (χ2n) is 4.30. The molecule has 0 saturated heterocycles. The summed E-state index contributed by atoms with van der Waals surface area (Å²) in [5.74, 6) is -3.06. The fourth-order valence-electron chi connectivity index (χ4n) is 1.91. The molecule has 1 N–H and O–H groups in total. The fraction of sp³-hybridized carbons (Fsp3) is 0.143. The van der Waals surface area contributed by atoms with E-state index in [-0.39, 0.29) is 0 Å². The first kappa shape index (κ1) is 15.4. The van der Waals surface area contributed by atoms with Crippen LogP contribution in [0.15, 0.2) is 36.4 Å². The summed E-state index contributed by atoms with van der Waals surface area (Å²) in [7, 11) is 0. The molecular weight excluding hydrogens is 298 g/mol. The predicted molar refractivity (Wildman–Crippen MR) is 61.8 cm³/mol. The van der Waals surface area contributed by atoms with E-state index in [1.54, 1.807) is 0 Å². The van der Waals surface area contributed by atoms with Crippen LogP contribution in [-0.4, -0.2) is 5.11 Å². The van der Waals surface area contributed by atoms with Crippen molar-refractivity contribution in [1.29, 1.82) is 0 Å². The van der Waals surface area contributed by atoms with Gasteiger partial charge in [-0.1, -0.05) is 0 Å². The molecule has 1 atom stereocenters. The Morgan fingerprint density at radius 3 is 1.90 bits per heavy atom. The third kappa shape index (κ3) is 3.18. The van der Waals surface area contributed by atoms with Crippen molar-refractivity contribution in [2.24, 2.45) is 0 Å². The number of aliphatic hydroxyl groups excluding tert-OH is 1. The molecule has 0 aliphatic carbocycles. The SMILES string of the molecule is OC(c1cc(F)ccc1F)c1cc(F)ccc1C(F)(F)F. The number of hydrogen-bond donors (Lipinski definition) is 1. The van der Waals surface area contributed by atoms with Gasteiger partial charge in [0.05, 0.1) is 5.56 Å². The third-order valence-corrected chi connectivity index (χ3v) is 2.87. The van der Waals surface area contributed by atoms with Crippen molar-refractivity contribution in [1.82, 2.24) is 0 Å². The molecule has 0 spiro atoms. The number of aliphatic hydroxyl groups is 1. The zero-order valence-corrected chi connectivity index (χ0v) is 10.3. The maximum Gasteiger partial charge on any atom is 0.416 e. The highest BCUT2D eigenvalue weighted by Crippen LogP contribution is 2.37. The van der Waals surface area contributed by atoms with Crippen LogP contribution in [-0.2, 0) is 6.18 Å². The quantitative estimate of drug-likeness (QED) is 0.824. The molecule has 0 aliphatic rings. The highest BCUT2D eigenvalue weighted by Gasteiger charge is 2.36. The fourth-order valence-corrected chi connectivity index (χ4v) is 1.91. The van der Waals surface area contributed by atoms with E-state index >= 15 is 0 Å². The van der Waals surface area contributed by atoms with Gasteiger partial charge in [-0.2, -0.15) is 13.2 Å². The van der Waals surface area contributed by atoms with Crippen molar-refractivity contribution in [2.75, 3.05) is 0 Å². The van der Waals surface area contributed by atoms with Crippen LogP contribution in [0, 0.1) is 17.5 Å². The van der Waals surface area contributed by atoms with Crippen LogP contribution >= 0.6 is 0 Å². The standard InChI is InChI=1S/C14H8F6O/c15-7-1-3-11(14(18,19)20)9(5-7)13(21)10-6-8(16)2-4-12(10)17/h1-6,13,21H. The molecule has 0 aliphatic heterocycles. The van der Waals surface area contributed by atoms with Crippen molar-refractivity contribution < 1.29 is 31.4 Å². The van der Waals surface area contributed by atoms with E-state index in [4.69, 9.17) is 0 Å². The highest BCUT2D eigenvalue weighted by molar-refractivity contribution is 5.38. The average Bonchev–Trinajstić information content (AvgIpc) is 2.39. The summed E-state index contributed by atoms with van der Waals surface area (Å²) in [6.45, 7) is 0. The van der Waals surface area contributed by atoms with Crippen LogP contribution in [0.1, 0.15) is 22.8 Å². The molecule has 1 unspecified atom stereocenters. The summed E-state index contributed by atoms with van der Waals surface area (Å²) in [4.78, 5) is 0. The molecule has 0 fully saturated rings. The van der Waals surface area contributed by atoms with Gasteiger partial charge in [0, 0.05) is 11.1 Å². The minimum atomic E-state index is -4.87. The smallest absolute Gasteiger partial charge is 0.384 e. The number of alkyl halides is 3. The molecule has 112 valence electrons. The summed E-state index contributed by atoms with van der Waals surface area (Å²) in [6, 6.07) is 3.43. The first-order valence-corrected chi connectivity index (χ1v) is 5.70. The Morgan fingerprint density at radius 2 is 1.33 bits per heavy atom. The zero-order chi connectivity index (χ0) is 15.8. The number of hydrogen-bond acceptors (Lipinski definition) is 1. The molecule has 0 heterocycles. The lowest BCUT2D eigenvalue weighted by molar-refractivity contribution is -0.139. The van der Waals surface area contributed by atoms with E-state index < -0.39 is 46.4 Å². The van der Waals surface area contributed by atoms with Gasteiger partial charge in [0.15, 0.2) is 0 Å². The Kier molecular flexibility index (Phi) is 3.95. The summed E-state index contributed by atoms with van der Waals surface area (Å²) in [5.41, 5.74) is -2.90. The van der Waals surface area contributed by atoms with Crippen LogP contribution in [0.5, 0.6) is 0 Å². The van der Waals surface area contributed by atoms with Crippen LogP contribution in [0.4, 0.5) is 26.3 Å². The first-order valence-electron chi connectivity index (χ1n) is 5.70. The molecule has 0 amide bonds. The lowest BCUT2D eigenvalue weighted by Crippen LogP contribution is -2.14. The van der Waals surface area contributed by atoms with Gasteiger partial charge in [-0.15, -0.1) is 0 Å². The minimum absolute atomic E-state index is 0.436. The van der Waals surface area contributed by atoms with Crippen molar-refractivity contribution in [3.05, 3.63) is 70.5 Å². The molecule has 0 saturated carbocycles. The summed E-state index contributed by atoms with van der Waals surface area (Å²) < 4.78 is 78.2. The van der Waals surface area contributed by atoms with E-state index in [0.29, 0.717) is 30.3 Å². The van der Waals surface area contributed by atoms with E-state index in [0.717, 1.165) is 6.07 Å². The van der Waals surface area contributed by atoms with Crippen molar-refractivity contribution in [3.8, 4) is 0 Å². The number of rotatable bonds is 2. The van der Waals surface area contributed by atoms with Gasteiger partial charge in [-0.3, -0.25) is 0 Å². The van der Waals surface area contributed by atoms with Gasteiger partial charge < -0.3 is 5.11 Å².